The van der Waals surface area contributed by atoms with Crippen molar-refractivity contribution in [1.29, 1.82) is 0 Å². The number of carbonyl (C=O) groups excluding carboxylic acids is 1. The van der Waals surface area contributed by atoms with E-state index in [0.29, 0.717) is 22.5 Å². The lowest BCUT2D eigenvalue weighted by atomic mass is 10.2. The van der Waals surface area contributed by atoms with Gasteiger partial charge in [0, 0.05) is 22.0 Å². The average Bonchev–Trinajstić information content (AvgIpc) is 3.07. The molecule has 0 spiro atoms. The Kier molecular flexibility index (Phi) is 3.65. The van der Waals surface area contributed by atoms with E-state index >= 15 is 0 Å². The van der Waals surface area contributed by atoms with E-state index in [1.54, 1.807) is 29.4 Å². The summed E-state index contributed by atoms with van der Waals surface area (Å²) < 4.78 is 14.1. The number of benzene rings is 1. The number of anilines is 1. The van der Waals surface area contributed by atoms with Crippen LogP contribution in [0.2, 0.25) is 0 Å². The molecule has 0 aliphatic rings. The maximum Gasteiger partial charge on any atom is 0.266 e. The van der Waals surface area contributed by atoms with E-state index in [0.717, 1.165) is 9.58 Å². The highest BCUT2D eigenvalue weighted by Crippen LogP contribution is 2.34. The standard InChI is InChI=1S/C15H13FN2OS2/c1-18(8-10-3-2-6-20-10)15(19)14-13(17)11-7-9(16)4-5-12(11)21-14/h2-7H,8,17H2,1H3. The Morgan fingerprint density at radius 1 is 1.38 bits per heavy atom. The molecule has 0 saturated carbocycles. The molecule has 3 aromatic rings. The molecule has 6 heteroatoms. The minimum atomic E-state index is -0.349. The number of hydrogen-bond acceptors (Lipinski definition) is 4. The Morgan fingerprint density at radius 3 is 2.90 bits per heavy atom. The summed E-state index contributed by atoms with van der Waals surface area (Å²) in [7, 11) is 1.74. The first-order valence-electron chi connectivity index (χ1n) is 6.31. The molecular weight excluding hydrogens is 307 g/mol. The normalized spacial score (nSPS) is 11.0. The van der Waals surface area contributed by atoms with E-state index in [1.807, 2.05) is 17.5 Å². The predicted molar refractivity (Wildman–Crippen MR) is 86.3 cm³/mol. The molecule has 0 unspecified atom stereocenters. The lowest BCUT2D eigenvalue weighted by Gasteiger charge is -2.15. The highest BCUT2D eigenvalue weighted by molar-refractivity contribution is 7.21. The zero-order chi connectivity index (χ0) is 15.0. The molecule has 1 amide bonds. The molecule has 0 bridgehead atoms. The highest BCUT2D eigenvalue weighted by atomic mass is 32.1. The van der Waals surface area contributed by atoms with Gasteiger partial charge >= 0.3 is 0 Å². The number of rotatable bonds is 3. The molecule has 3 nitrogen and oxygen atoms in total. The van der Waals surface area contributed by atoms with Gasteiger partial charge in [0.15, 0.2) is 0 Å². The van der Waals surface area contributed by atoms with E-state index in [4.69, 9.17) is 5.73 Å². The van der Waals surface area contributed by atoms with Crippen LogP contribution in [0.5, 0.6) is 0 Å². The van der Waals surface area contributed by atoms with Gasteiger partial charge in [-0.3, -0.25) is 4.79 Å². The van der Waals surface area contributed by atoms with E-state index in [-0.39, 0.29) is 11.7 Å². The summed E-state index contributed by atoms with van der Waals surface area (Å²) in [6, 6.07) is 8.34. The largest absolute Gasteiger partial charge is 0.397 e. The van der Waals surface area contributed by atoms with Crippen molar-refractivity contribution in [2.45, 2.75) is 6.54 Å². The van der Waals surface area contributed by atoms with Gasteiger partial charge in [0.2, 0.25) is 0 Å². The van der Waals surface area contributed by atoms with Crippen LogP contribution in [0, 0.1) is 5.82 Å². The number of halogens is 1. The van der Waals surface area contributed by atoms with Gasteiger partial charge in [-0.2, -0.15) is 0 Å². The summed E-state index contributed by atoms with van der Waals surface area (Å²) in [5, 5.41) is 2.58. The molecule has 0 saturated heterocycles. The number of nitrogen functional groups attached to an aromatic ring is 1. The maximum absolute atomic E-state index is 13.3. The van der Waals surface area contributed by atoms with Crippen molar-refractivity contribution >= 4 is 44.4 Å². The van der Waals surface area contributed by atoms with Crippen LogP contribution in [-0.2, 0) is 6.54 Å². The van der Waals surface area contributed by atoms with Gasteiger partial charge in [-0.1, -0.05) is 6.07 Å². The second-order valence-corrected chi connectivity index (χ2v) is 6.81. The molecule has 0 aliphatic heterocycles. The lowest BCUT2D eigenvalue weighted by molar-refractivity contribution is 0.0792. The van der Waals surface area contributed by atoms with Crippen LogP contribution in [-0.4, -0.2) is 17.9 Å². The number of amides is 1. The Balaban J connectivity index is 1.92. The minimum Gasteiger partial charge on any atom is -0.397 e. The molecule has 21 heavy (non-hydrogen) atoms. The topological polar surface area (TPSA) is 46.3 Å². The molecule has 0 fully saturated rings. The van der Waals surface area contributed by atoms with Crippen LogP contribution in [0.3, 0.4) is 0 Å². The summed E-state index contributed by atoms with van der Waals surface area (Å²) in [6.07, 6.45) is 0. The first-order chi connectivity index (χ1) is 10.1. The van der Waals surface area contributed by atoms with Crippen molar-refractivity contribution in [1.82, 2.24) is 4.90 Å². The van der Waals surface area contributed by atoms with Gasteiger partial charge in [-0.25, -0.2) is 4.39 Å². The van der Waals surface area contributed by atoms with Crippen LogP contribution in [0.1, 0.15) is 14.5 Å². The fraction of sp³-hybridized carbons (Fsp3) is 0.133. The first-order valence-corrected chi connectivity index (χ1v) is 8.01. The Labute approximate surface area is 129 Å². The number of nitrogens with zero attached hydrogens (tertiary/aromatic N) is 1. The van der Waals surface area contributed by atoms with Crippen molar-refractivity contribution in [3.05, 3.63) is 51.3 Å². The molecule has 3 rings (SSSR count). The van der Waals surface area contributed by atoms with E-state index < -0.39 is 0 Å². The second-order valence-electron chi connectivity index (χ2n) is 4.73. The lowest BCUT2D eigenvalue weighted by Crippen LogP contribution is -2.25. The molecule has 2 aromatic heterocycles. The number of fused-ring (bicyclic) bond motifs is 1. The van der Waals surface area contributed by atoms with Crippen molar-refractivity contribution < 1.29 is 9.18 Å². The quantitative estimate of drug-likeness (QED) is 0.794. The van der Waals surface area contributed by atoms with Crippen LogP contribution in [0.25, 0.3) is 10.1 Å². The molecular formula is C15H13FN2OS2. The van der Waals surface area contributed by atoms with Crippen LogP contribution < -0.4 is 5.73 Å². The maximum atomic E-state index is 13.3. The van der Waals surface area contributed by atoms with Gasteiger partial charge < -0.3 is 10.6 Å². The number of thiophene rings is 2. The minimum absolute atomic E-state index is 0.137. The summed E-state index contributed by atoms with van der Waals surface area (Å²) in [6.45, 7) is 0.540. The smallest absolute Gasteiger partial charge is 0.266 e. The second kappa shape index (κ2) is 5.46. The summed E-state index contributed by atoms with van der Waals surface area (Å²) in [5.74, 6) is -0.486. The fourth-order valence-corrected chi connectivity index (χ4v) is 3.98. The predicted octanol–water partition coefficient (Wildman–Crippen LogP) is 3.96. The molecule has 108 valence electrons. The van der Waals surface area contributed by atoms with Crippen molar-refractivity contribution in [3.63, 3.8) is 0 Å². The summed E-state index contributed by atoms with van der Waals surface area (Å²) >= 11 is 2.91. The van der Waals surface area contributed by atoms with Gasteiger partial charge in [0.25, 0.3) is 5.91 Å². The van der Waals surface area contributed by atoms with Crippen molar-refractivity contribution in [2.24, 2.45) is 0 Å². The monoisotopic (exact) mass is 320 g/mol. The number of hydrogen-bond donors (Lipinski definition) is 1. The molecule has 0 aliphatic carbocycles. The fourth-order valence-electron chi connectivity index (χ4n) is 2.13. The third-order valence-corrected chi connectivity index (χ3v) is 5.24. The average molecular weight is 320 g/mol. The van der Waals surface area contributed by atoms with Gasteiger partial charge in [0.1, 0.15) is 10.7 Å². The molecule has 0 atom stereocenters. The summed E-state index contributed by atoms with van der Waals surface area (Å²) in [4.78, 5) is 15.7. The Hall–Kier alpha value is -1.92. The van der Waals surface area contributed by atoms with Gasteiger partial charge in [0.05, 0.1) is 12.2 Å². The molecule has 0 radical (unpaired) electrons. The van der Waals surface area contributed by atoms with Gasteiger partial charge in [-0.05, 0) is 29.6 Å². The zero-order valence-corrected chi connectivity index (χ0v) is 12.9. The Morgan fingerprint density at radius 2 is 2.19 bits per heavy atom. The van der Waals surface area contributed by atoms with E-state index in [9.17, 15) is 9.18 Å². The zero-order valence-electron chi connectivity index (χ0n) is 11.3. The molecule has 2 heterocycles. The highest BCUT2D eigenvalue weighted by Gasteiger charge is 2.20. The van der Waals surface area contributed by atoms with Crippen LogP contribution in [0.15, 0.2) is 35.7 Å². The SMILES string of the molecule is CN(Cc1cccs1)C(=O)c1sc2ccc(F)cc2c1N. The Bertz CT molecular complexity index is 795. The van der Waals surface area contributed by atoms with Crippen LogP contribution >= 0.6 is 22.7 Å². The van der Waals surface area contributed by atoms with Crippen molar-refractivity contribution in [2.75, 3.05) is 12.8 Å². The third kappa shape index (κ3) is 2.64. The van der Waals surface area contributed by atoms with Crippen molar-refractivity contribution in [3.8, 4) is 0 Å². The third-order valence-electron chi connectivity index (χ3n) is 3.20. The van der Waals surface area contributed by atoms with E-state index in [1.165, 1.54) is 23.5 Å². The van der Waals surface area contributed by atoms with Gasteiger partial charge in [-0.15, -0.1) is 22.7 Å². The molecule has 2 N–H and O–H groups in total. The number of nitrogens with two attached hydrogens (primary N) is 1. The first kappa shape index (κ1) is 14.0. The van der Waals surface area contributed by atoms with E-state index in [2.05, 4.69) is 0 Å². The number of carbonyl (C=O) groups is 1. The summed E-state index contributed by atoms with van der Waals surface area (Å²) in [5.41, 5.74) is 6.38. The van der Waals surface area contributed by atoms with Crippen LogP contribution in [0.4, 0.5) is 10.1 Å². The molecule has 1 aromatic carbocycles.